The van der Waals surface area contributed by atoms with E-state index < -0.39 is 0 Å². The number of hydrogen-bond donors (Lipinski definition) is 2. The molecule has 1 aromatic carbocycles. The lowest BCUT2D eigenvalue weighted by Crippen LogP contribution is -2.45. The molecule has 118 valence electrons. The van der Waals surface area contributed by atoms with Crippen molar-refractivity contribution in [3.8, 4) is 0 Å². The molecule has 4 nitrogen and oxygen atoms in total. The summed E-state index contributed by atoms with van der Waals surface area (Å²) in [5.41, 5.74) is 0.636. The summed E-state index contributed by atoms with van der Waals surface area (Å²) >= 11 is 0. The van der Waals surface area contributed by atoms with Crippen LogP contribution in [0.3, 0.4) is 0 Å². The summed E-state index contributed by atoms with van der Waals surface area (Å²) in [5, 5.41) is 6.42. The molecule has 1 unspecified atom stereocenters. The number of guanidine groups is 1. The van der Waals surface area contributed by atoms with Crippen LogP contribution in [0.5, 0.6) is 0 Å². The predicted molar refractivity (Wildman–Crippen MR) is 87.0 cm³/mol. The molecule has 1 atom stereocenters. The Morgan fingerprint density at radius 2 is 1.90 bits per heavy atom. The second-order valence-corrected chi connectivity index (χ2v) is 4.97. The highest BCUT2D eigenvalue weighted by molar-refractivity contribution is 5.79. The number of aliphatic imine (C=N–C) groups is 1. The molecule has 0 radical (unpaired) electrons. The fourth-order valence-corrected chi connectivity index (χ4v) is 2.26. The molecule has 5 heteroatoms. The van der Waals surface area contributed by atoms with Crippen LogP contribution in [0.2, 0.25) is 0 Å². The van der Waals surface area contributed by atoms with E-state index in [2.05, 4.69) is 41.3 Å². The average molecular weight is 294 g/mol. The standard InChI is InChI=1S/C16H27FN4/c1-5-21(6-2)13(3)11-19-16(18-4)20-12-14-9-7-8-10-15(14)17/h7-10,13H,5-6,11-12H2,1-4H3,(H2,18,19,20). The minimum absolute atomic E-state index is 0.197. The summed E-state index contributed by atoms with van der Waals surface area (Å²) in [6.45, 7) is 9.78. The summed E-state index contributed by atoms with van der Waals surface area (Å²) in [5.74, 6) is 0.495. The van der Waals surface area contributed by atoms with Crippen molar-refractivity contribution in [2.45, 2.75) is 33.4 Å². The first kappa shape index (κ1) is 17.4. The van der Waals surface area contributed by atoms with Gasteiger partial charge in [0, 0.05) is 31.7 Å². The molecule has 0 aliphatic rings. The van der Waals surface area contributed by atoms with E-state index in [1.165, 1.54) is 6.07 Å². The van der Waals surface area contributed by atoms with Crippen LogP contribution >= 0.6 is 0 Å². The van der Waals surface area contributed by atoms with Crippen LogP contribution < -0.4 is 10.6 Å². The second kappa shape index (κ2) is 9.34. The van der Waals surface area contributed by atoms with Gasteiger partial charge in [-0.25, -0.2) is 4.39 Å². The maximum absolute atomic E-state index is 13.5. The Morgan fingerprint density at radius 3 is 2.48 bits per heavy atom. The Labute approximate surface area is 127 Å². The molecule has 0 saturated heterocycles. The summed E-state index contributed by atoms with van der Waals surface area (Å²) in [6.07, 6.45) is 0. The topological polar surface area (TPSA) is 39.7 Å². The highest BCUT2D eigenvalue weighted by atomic mass is 19.1. The number of benzene rings is 1. The van der Waals surface area contributed by atoms with Crippen molar-refractivity contribution >= 4 is 5.96 Å². The van der Waals surface area contributed by atoms with Gasteiger partial charge in [-0.1, -0.05) is 32.0 Å². The summed E-state index contributed by atoms with van der Waals surface area (Å²) in [7, 11) is 1.72. The van der Waals surface area contributed by atoms with E-state index >= 15 is 0 Å². The van der Waals surface area contributed by atoms with E-state index in [-0.39, 0.29) is 5.82 Å². The molecule has 0 fully saturated rings. The number of nitrogens with one attached hydrogen (secondary N) is 2. The zero-order valence-corrected chi connectivity index (χ0v) is 13.5. The second-order valence-electron chi connectivity index (χ2n) is 4.97. The fraction of sp³-hybridized carbons (Fsp3) is 0.562. The Bertz CT molecular complexity index is 444. The van der Waals surface area contributed by atoms with Crippen molar-refractivity contribution < 1.29 is 4.39 Å². The van der Waals surface area contributed by atoms with Crippen LogP contribution in [-0.4, -0.2) is 43.6 Å². The van der Waals surface area contributed by atoms with E-state index in [1.807, 2.05) is 6.07 Å². The van der Waals surface area contributed by atoms with Gasteiger partial charge in [0.05, 0.1) is 0 Å². The third-order valence-electron chi connectivity index (χ3n) is 3.63. The van der Waals surface area contributed by atoms with Gasteiger partial charge >= 0.3 is 0 Å². The van der Waals surface area contributed by atoms with E-state index in [1.54, 1.807) is 19.2 Å². The Hall–Kier alpha value is -1.62. The molecule has 2 N–H and O–H groups in total. The SMILES string of the molecule is CCN(CC)C(C)CNC(=NC)NCc1ccccc1F. The number of likely N-dealkylation sites (N-methyl/N-ethyl adjacent to an activating group) is 1. The Kier molecular flexibility index (Phi) is 7.75. The molecular formula is C16H27FN4. The van der Waals surface area contributed by atoms with E-state index in [9.17, 15) is 4.39 Å². The van der Waals surface area contributed by atoms with Crippen molar-refractivity contribution in [2.75, 3.05) is 26.7 Å². The molecule has 21 heavy (non-hydrogen) atoms. The first-order chi connectivity index (χ1) is 10.1. The van der Waals surface area contributed by atoms with Crippen molar-refractivity contribution in [2.24, 2.45) is 4.99 Å². The van der Waals surface area contributed by atoms with Crippen molar-refractivity contribution in [1.29, 1.82) is 0 Å². The van der Waals surface area contributed by atoms with E-state index in [0.29, 0.717) is 24.1 Å². The zero-order valence-electron chi connectivity index (χ0n) is 13.5. The minimum atomic E-state index is -0.197. The van der Waals surface area contributed by atoms with Crippen LogP contribution in [0.4, 0.5) is 4.39 Å². The van der Waals surface area contributed by atoms with Gasteiger partial charge in [-0.05, 0) is 26.1 Å². The number of hydrogen-bond acceptors (Lipinski definition) is 2. The summed E-state index contributed by atoms with van der Waals surface area (Å²) < 4.78 is 13.5. The molecule has 0 spiro atoms. The van der Waals surface area contributed by atoms with Crippen LogP contribution in [0, 0.1) is 5.82 Å². The van der Waals surface area contributed by atoms with Gasteiger partial charge in [-0.15, -0.1) is 0 Å². The third kappa shape index (κ3) is 5.71. The lowest BCUT2D eigenvalue weighted by molar-refractivity contribution is 0.231. The molecule has 0 saturated carbocycles. The highest BCUT2D eigenvalue weighted by Crippen LogP contribution is 2.05. The molecule has 0 aliphatic heterocycles. The van der Waals surface area contributed by atoms with Crippen molar-refractivity contribution in [3.05, 3.63) is 35.6 Å². The third-order valence-corrected chi connectivity index (χ3v) is 3.63. The van der Waals surface area contributed by atoms with Crippen molar-refractivity contribution in [3.63, 3.8) is 0 Å². The smallest absolute Gasteiger partial charge is 0.191 e. The van der Waals surface area contributed by atoms with Gasteiger partial charge in [0.25, 0.3) is 0 Å². The van der Waals surface area contributed by atoms with Gasteiger partial charge < -0.3 is 10.6 Å². The summed E-state index contributed by atoms with van der Waals surface area (Å²) in [6, 6.07) is 7.19. The highest BCUT2D eigenvalue weighted by Gasteiger charge is 2.10. The monoisotopic (exact) mass is 294 g/mol. The number of nitrogens with zero attached hydrogens (tertiary/aromatic N) is 2. The zero-order chi connectivity index (χ0) is 15.7. The molecular weight excluding hydrogens is 267 g/mol. The Balaban J connectivity index is 2.44. The van der Waals surface area contributed by atoms with Gasteiger partial charge in [0.15, 0.2) is 5.96 Å². The van der Waals surface area contributed by atoms with Gasteiger partial charge in [-0.3, -0.25) is 9.89 Å². The Morgan fingerprint density at radius 1 is 1.24 bits per heavy atom. The quantitative estimate of drug-likeness (QED) is 0.598. The van der Waals surface area contributed by atoms with E-state index in [0.717, 1.165) is 19.6 Å². The van der Waals surface area contributed by atoms with Crippen LogP contribution in [-0.2, 0) is 6.54 Å². The van der Waals surface area contributed by atoms with E-state index in [4.69, 9.17) is 0 Å². The maximum atomic E-state index is 13.5. The molecule has 1 rings (SSSR count). The average Bonchev–Trinajstić information content (AvgIpc) is 2.50. The van der Waals surface area contributed by atoms with Gasteiger partial charge in [0.2, 0.25) is 0 Å². The molecule has 0 aromatic heterocycles. The molecule has 0 aliphatic carbocycles. The first-order valence-corrected chi connectivity index (χ1v) is 7.54. The molecule has 0 bridgehead atoms. The lowest BCUT2D eigenvalue weighted by Gasteiger charge is -2.27. The number of halogens is 1. The van der Waals surface area contributed by atoms with Crippen LogP contribution in [0.25, 0.3) is 0 Å². The molecule has 0 amide bonds. The van der Waals surface area contributed by atoms with Crippen LogP contribution in [0.15, 0.2) is 29.3 Å². The fourth-order valence-electron chi connectivity index (χ4n) is 2.26. The lowest BCUT2D eigenvalue weighted by atomic mass is 10.2. The normalized spacial score (nSPS) is 13.3. The van der Waals surface area contributed by atoms with Gasteiger partial charge in [-0.2, -0.15) is 0 Å². The summed E-state index contributed by atoms with van der Waals surface area (Å²) in [4.78, 5) is 6.54. The molecule has 0 heterocycles. The largest absolute Gasteiger partial charge is 0.355 e. The first-order valence-electron chi connectivity index (χ1n) is 7.54. The van der Waals surface area contributed by atoms with Crippen LogP contribution in [0.1, 0.15) is 26.3 Å². The maximum Gasteiger partial charge on any atom is 0.191 e. The van der Waals surface area contributed by atoms with Gasteiger partial charge in [0.1, 0.15) is 5.82 Å². The molecule has 1 aromatic rings. The number of rotatable bonds is 7. The minimum Gasteiger partial charge on any atom is -0.355 e. The predicted octanol–water partition coefficient (Wildman–Crippen LogP) is 2.22. The van der Waals surface area contributed by atoms with Crippen molar-refractivity contribution in [1.82, 2.24) is 15.5 Å².